The van der Waals surface area contributed by atoms with Crippen molar-refractivity contribution in [1.82, 2.24) is 20.4 Å². The molecule has 1 saturated heterocycles. The average Bonchev–Trinajstić information content (AvgIpc) is 3.22. The number of fused-ring (bicyclic) bond motifs is 1. The molecule has 0 saturated carbocycles. The number of piperidine rings is 1. The van der Waals surface area contributed by atoms with Gasteiger partial charge in [0.1, 0.15) is 5.75 Å². The molecule has 0 unspecified atom stereocenters. The quantitative estimate of drug-likeness (QED) is 0.659. The van der Waals surface area contributed by atoms with Crippen LogP contribution in [0.1, 0.15) is 30.3 Å². The molecule has 0 aliphatic carbocycles. The highest BCUT2D eigenvalue weighted by molar-refractivity contribution is 6.04. The summed E-state index contributed by atoms with van der Waals surface area (Å²) in [6, 6.07) is 17.0. The van der Waals surface area contributed by atoms with Gasteiger partial charge in [-0.3, -0.25) is 14.7 Å². The number of hydrogen-bond donors (Lipinski definition) is 2. The number of aromatic amines is 1. The van der Waals surface area contributed by atoms with Crippen molar-refractivity contribution < 1.29 is 14.3 Å². The zero-order valence-corrected chi connectivity index (χ0v) is 17.0. The zero-order chi connectivity index (χ0) is 20.9. The van der Waals surface area contributed by atoms with Crippen LogP contribution in [0.15, 0.2) is 54.6 Å². The lowest BCUT2D eigenvalue weighted by molar-refractivity contribution is -0.124. The molecule has 0 bridgehead atoms. The maximum Gasteiger partial charge on any atom is 0.275 e. The number of rotatable bonds is 6. The van der Waals surface area contributed by atoms with Gasteiger partial charge in [0.15, 0.2) is 12.3 Å². The van der Waals surface area contributed by atoms with Gasteiger partial charge >= 0.3 is 0 Å². The summed E-state index contributed by atoms with van der Waals surface area (Å²) in [6.07, 6.45) is 1.58. The standard InChI is InChI=1S/C23H26N4O3/c1-2-16-14-27(23(29)22-18-10-6-7-11-20(18)25-26-22)13-12-19(16)24-21(28)15-30-17-8-4-3-5-9-17/h3-11,16,19H,2,12-15H2,1H3,(H,24,28)(H,25,26)/t16-,19+/m1/s1. The Morgan fingerprint density at radius 1 is 1.17 bits per heavy atom. The van der Waals surface area contributed by atoms with Crippen molar-refractivity contribution in [3.05, 3.63) is 60.3 Å². The van der Waals surface area contributed by atoms with E-state index < -0.39 is 0 Å². The Morgan fingerprint density at radius 3 is 2.73 bits per heavy atom. The molecule has 1 aliphatic rings. The first-order valence-corrected chi connectivity index (χ1v) is 10.3. The van der Waals surface area contributed by atoms with Crippen LogP contribution >= 0.6 is 0 Å². The first-order chi connectivity index (χ1) is 14.7. The van der Waals surface area contributed by atoms with E-state index in [2.05, 4.69) is 22.4 Å². The van der Waals surface area contributed by atoms with Crippen LogP contribution in [0.3, 0.4) is 0 Å². The summed E-state index contributed by atoms with van der Waals surface area (Å²) < 4.78 is 5.54. The van der Waals surface area contributed by atoms with Crippen LogP contribution in [0.2, 0.25) is 0 Å². The van der Waals surface area contributed by atoms with Gasteiger partial charge in [0.2, 0.25) is 0 Å². The smallest absolute Gasteiger partial charge is 0.275 e. The predicted octanol–water partition coefficient (Wildman–Crippen LogP) is 3.00. The SMILES string of the molecule is CC[C@@H]1CN(C(=O)c2n[nH]c3ccccc23)CC[C@@H]1NC(=O)COc1ccccc1. The Bertz CT molecular complexity index is 1020. The molecule has 1 aromatic heterocycles. The summed E-state index contributed by atoms with van der Waals surface area (Å²) in [5.41, 5.74) is 1.31. The summed E-state index contributed by atoms with van der Waals surface area (Å²) >= 11 is 0. The van der Waals surface area contributed by atoms with Gasteiger partial charge < -0.3 is 15.0 Å². The summed E-state index contributed by atoms with van der Waals surface area (Å²) in [4.78, 5) is 27.3. The van der Waals surface area contributed by atoms with E-state index in [9.17, 15) is 9.59 Å². The molecule has 30 heavy (non-hydrogen) atoms. The van der Waals surface area contributed by atoms with Gasteiger partial charge in [0.25, 0.3) is 11.8 Å². The van der Waals surface area contributed by atoms with Gasteiger partial charge in [-0.05, 0) is 37.0 Å². The van der Waals surface area contributed by atoms with Crippen LogP contribution in [0.4, 0.5) is 0 Å². The van der Waals surface area contributed by atoms with Crippen molar-refractivity contribution in [2.24, 2.45) is 5.92 Å². The Balaban J connectivity index is 1.35. The lowest BCUT2D eigenvalue weighted by Gasteiger charge is -2.38. The van der Waals surface area contributed by atoms with Gasteiger partial charge in [0.05, 0.1) is 5.52 Å². The highest BCUT2D eigenvalue weighted by atomic mass is 16.5. The number of amides is 2. The largest absolute Gasteiger partial charge is 0.484 e. The highest BCUT2D eigenvalue weighted by Crippen LogP contribution is 2.24. The molecule has 7 heteroatoms. The number of carbonyl (C=O) groups is 2. The van der Waals surface area contributed by atoms with Gasteiger partial charge in [-0.15, -0.1) is 0 Å². The lowest BCUT2D eigenvalue weighted by atomic mass is 9.89. The number of aromatic nitrogens is 2. The van der Waals surface area contributed by atoms with Crippen molar-refractivity contribution in [3.8, 4) is 5.75 Å². The van der Waals surface area contributed by atoms with E-state index >= 15 is 0 Å². The highest BCUT2D eigenvalue weighted by Gasteiger charge is 2.33. The molecule has 0 radical (unpaired) electrons. The van der Waals surface area contributed by atoms with Crippen LogP contribution in [0.5, 0.6) is 5.75 Å². The molecule has 7 nitrogen and oxygen atoms in total. The molecule has 2 aromatic carbocycles. The average molecular weight is 406 g/mol. The van der Waals surface area contributed by atoms with Crippen molar-refractivity contribution >= 4 is 22.7 Å². The zero-order valence-electron chi connectivity index (χ0n) is 17.0. The summed E-state index contributed by atoms with van der Waals surface area (Å²) in [5.74, 6) is 0.656. The number of H-pyrrole nitrogens is 1. The Hall–Kier alpha value is -3.35. The Morgan fingerprint density at radius 2 is 1.93 bits per heavy atom. The minimum absolute atomic E-state index is 0.0150. The molecular formula is C23H26N4O3. The summed E-state index contributed by atoms with van der Waals surface area (Å²) in [5, 5.41) is 11.1. The first-order valence-electron chi connectivity index (χ1n) is 10.3. The van der Waals surface area contributed by atoms with Crippen LogP contribution < -0.4 is 10.1 Å². The third kappa shape index (κ3) is 4.30. The van der Waals surface area contributed by atoms with E-state index in [0.717, 1.165) is 17.3 Å². The van der Waals surface area contributed by atoms with Crippen molar-refractivity contribution in [3.63, 3.8) is 0 Å². The Kier molecular flexibility index (Phi) is 5.97. The fourth-order valence-corrected chi connectivity index (χ4v) is 4.01. The monoisotopic (exact) mass is 406 g/mol. The second-order valence-corrected chi connectivity index (χ2v) is 7.60. The fourth-order valence-electron chi connectivity index (χ4n) is 4.01. The molecule has 2 amide bonds. The number of carbonyl (C=O) groups excluding carboxylic acids is 2. The van der Waals surface area contributed by atoms with Gasteiger partial charge in [0, 0.05) is 24.5 Å². The lowest BCUT2D eigenvalue weighted by Crippen LogP contribution is -2.53. The number of hydrogen-bond acceptors (Lipinski definition) is 4. The third-order valence-electron chi connectivity index (χ3n) is 5.68. The predicted molar refractivity (Wildman–Crippen MR) is 114 cm³/mol. The minimum Gasteiger partial charge on any atom is -0.484 e. The van der Waals surface area contributed by atoms with Crippen LogP contribution in [-0.4, -0.2) is 52.6 Å². The number of benzene rings is 2. The number of para-hydroxylation sites is 2. The van der Waals surface area contributed by atoms with E-state index in [1.807, 2.05) is 59.5 Å². The number of ether oxygens (including phenoxy) is 1. The van der Waals surface area contributed by atoms with E-state index in [1.54, 1.807) is 0 Å². The maximum absolute atomic E-state index is 13.1. The van der Waals surface area contributed by atoms with Crippen molar-refractivity contribution in [2.45, 2.75) is 25.8 Å². The molecule has 1 aliphatic heterocycles. The molecule has 1 fully saturated rings. The van der Waals surface area contributed by atoms with Crippen molar-refractivity contribution in [2.75, 3.05) is 19.7 Å². The number of nitrogens with one attached hydrogen (secondary N) is 2. The maximum atomic E-state index is 13.1. The van der Waals surface area contributed by atoms with Crippen molar-refractivity contribution in [1.29, 1.82) is 0 Å². The van der Waals surface area contributed by atoms with E-state index in [4.69, 9.17) is 4.74 Å². The fraction of sp³-hybridized carbons (Fsp3) is 0.348. The molecule has 2 heterocycles. The number of likely N-dealkylation sites (tertiary alicyclic amines) is 1. The molecule has 156 valence electrons. The van der Waals surface area contributed by atoms with Gasteiger partial charge in [-0.25, -0.2) is 0 Å². The van der Waals surface area contributed by atoms with Gasteiger partial charge in [-0.1, -0.05) is 43.3 Å². The third-order valence-corrected chi connectivity index (χ3v) is 5.68. The summed E-state index contributed by atoms with van der Waals surface area (Å²) in [7, 11) is 0. The molecule has 3 aromatic rings. The van der Waals surface area contributed by atoms with Crippen LogP contribution in [0.25, 0.3) is 10.9 Å². The van der Waals surface area contributed by atoms with E-state index in [-0.39, 0.29) is 30.4 Å². The first kappa shape index (κ1) is 19.9. The summed E-state index contributed by atoms with van der Waals surface area (Å²) in [6.45, 7) is 3.25. The molecule has 4 rings (SSSR count). The normalized spacial score (nSPS) is 18.9. The molecule has 0 spiro atoms. The topological polar surface area (TPSA) is 87.3 Å². The van der Waals surface area contributed by atoms with E-state index in [0.29, 0.717) is 31.0 Å². The van der Waals surface area contributed by atoms with Crippen LogP contribution in [0, 0.1) is 5.92 Å². The van der Waals surface area contributed by atoms with Gasteiger partial charge in [-0.2, -0.15) is 5.10 Å². The van der Waals surface area contributed by atoms with Crippen LogP contribution in [-0.2, 0) is 4.79 Å². The molecule has 2 N–H and O–H groups in total. The van der Waals surface area contributed by atoms with E-state index in [1.165, 1.54) is 0 Å². The number of nitrogens with zero attached hydrogens (tertiary/aromatic N) is 2. The second-order valence-electron chi connectivity index (χ2n) is 7.60. The minimum atomic E-state index is -0.139. The second kappa shape index (κ2) is 8.98. The Labute approximate surface area is 175 Å². The molecular weight excluding hydrogens is 380 g/mol. The molecule has 2 atom stereocenters.